The summed E-state index contributed by atoms with van der Waals surface area (Å²) in [6, 6.07) is 4.41. The Hall–Kier alpha value is -2.37. The van der Waals surface area contributed by atoms with E-state index in [1.54, 1.807) is 12.3 Å². The first kappa shape index (κ1) is 15.0. The van der Waals surface area contributed by atoms with E-state index in [-0.39, 0.29) is 24.6 Å². The number of carboxylic acid groups (broad SMARTS) is 1. The summed E-state index contributed by atoms with van der Waals surface area (Å²) in [4.78, 5) is 25.1. The van der Waals surface area contributed by atoms with Gasteiger partial charge < -0.3 is 15.4 Å². The predicted octanol–water partition coefficient (Wildman–Crippen LogP) is 2.22. The molecular formula is C15H17FN2O3. The van der Waals surface area contributed by atoms with Gasteiger partial charge in [-0.05, 0) is 36.6 Å². The molecule has 5 nitrogen and oxygen atoms in total. The molecule has 1 aromatic heterocycles. The SMILES string of the molecule is O=C(O)CCCCNC(=O)Cc1c[nH]c2ccc(F)cc12. The number of unbranched alkanes of at least 4 members (excludes halogenated alkanes) is 1. The number of aromatic amines is 1. The normalized spacial score (nSPS) is 10.7. The van der Waals surface area contributed by atoms with Crippen LogP contribution in [0.1, 0.15) is 24.8 Å². The fraction of sp³-hybridized carbons (Fsp3) is 0.333. The number of H-pyrrole nitrogens is 1. The summed E-state index contributed by atoms with van der Waals surface area (Å²) in [7, 11) is 0. The molecule has 0 saturated heterocycles. The molecule has 112 valence electrons. The first-order valence-electron chi connectivity index (χ1n) is 6.80. The van der Waals surface area contributed by atoms with Crippen LogP contribution in [0, 0.1) is 5.82 Å². The summed E-state index contributed by atoms with van der Waals surface area (Å²) in [6.45, 7) is 0.447. The third-order valence-electron chi connectivity index (χ3n) is 3.22. The highest BCUT2D eigenvalue weighted by Gasteiger charge is 2.09. The number of carbonyl (C=O) groups excluding carboxylic acids is 1. The Morgan fingerprint density at radius 1 is 1.29 bits per heavy atom. The van der Waals surface area contributed by atoms with Gasteiger partial charge in [0.1, 0.15) is 5.82 Å². The molecule has 0 aliphatic rings. The van der Waals surface area contributed by atoms with Crippen molar-refractivity contribution < 1.29 is 19.1 Å². The molecule has 1 aromatic carbocycles. The molecule has 0 unspecified atom stereocenters. The van der Waals surface area contributed by atoms with Crippen LogP contribution in [-0.4, -0.2) is 28.5 Å². The number of rotatable bonds is 7. The largest absolute Gasteiger partial charge is 0.481 e. The molecule has 6 heteroatoms. The van der Waals surface area contributed by atoms with Crippen LogP contribution in [0.25, 0.3) is 10.9 Å². The average Bonchev–Trinajstić information content (AvgIpc) is 2.80. The van der Waals surface area contributed by atoms with E-state index in [9.17, 15) is 14.0 Å². The van der Waals surface area contributed by atoms with Crippen LogP contribution in [0.2, 0.25) is 0 Å². The van der Waals surface area contributed by atoms with Gasteiger partial charge >= 0.3 is 5.97 Å². The van der Waals surface area contributed by atoms with E-state index < -0.39 is 5.97 Å². The van der Waals surface area contributed by atoms with Crippen LogP contribution >= 0.6 is 0 Å². The van der Waals surface area contributed by atoms with Crippen molar-refractivity contribution in [3.63, 3.8) is 0 Å². The first-order valence-corrected chi connectivity index (χ1v) is 6.80. The second kappa shape index (κ2) is 6.88. The van der Waals surface area contributed by atoms with Crippen molar-refractivity contribution in [3.05, 3.63) is 35.8 Å². The quantitative estimate of drug-likeness (QED) is 0.684. The van der Waals surface area contributed by atoms with Crippen LogP contribution < -0.4 is 5.32 Å². The second-order valence-electron chi connectivity index (χ2n) is 4.88. The fourth-order valence-electron chi connectivity index (χ4n) is 2.16. The lowest BCUT2D eigenvalue weighted by molar-refractivity contribution is -0.137. The van der Waals surface area contributed by atoms with E-state index in [0.717, 1.165) is 11.1 Å². The fourth-order valence-corrected chi connectivity index (χ4v) is 2.16. The van der Waals surface area contributed by atoms with Gasteiger partial charge in [-0.2, -0.15) is 0 Å². The van der Waals surface area contributed by atoms with Crippen LogP contribution in [0.3, 0.4) is 0 Å². The summed E-state index contributed by atoms with van der Waals surface area (Å²) < 4.78 is 13.2. The van der Waals surface area contributed by atoms with Gasteiger partial charge in [-0.25, -0.2) is 4.39 Å². The molecule has 0 fully saturated rings. The van der Waals surface area contributed by atoms with Crippen molar-refractivity contribution in [1.29, 1.82) is 0 Å². The van der Waals surface area contributed by atoms with E-state index in [1.807, 2.05) is 0 Å². The number of amides is 1. The molecule has 0 aliphatic carbocycles. The highest BCUT2D eigenvalue weighted by molar-refractivity contribution is 5.88. The number of carbonyl (C=O) groups is 2. The third kappa shape index (κ3) is 4.30. The van der Waals surface area contributed by atoms with Crippen molar-refractivity contribution in [2.24, 2.45) is 0 Å². The minimum Gasteiger partial charge on any atom is -0.481 e. The molecule has 0 atom stereocenters. The number of fused-ring (bicyclic) bond motifs is 1. The van der Waals surface area contributed by atoms with Crippen molar-refractivity contribution in [1.82, 2.24) is 10.3 Å². The Balaban J connectivity index is 1.84. The number of hydrogen-bond acceptors (Lipinski definition) is 2. The predicted molar refractivity (Wildman–Crippen MR) is 76.5 cm³/mol. The Kier molecular flexibility index (Phi) is 4.92. The van der Waals surface area contributed by atoms with Gasteiger partial charge in [0.15, 0.2) is 0 Å². The number of nitrogens with one attached hydrogen (secondary N) is 2. The van der Waals surface area contributed by atoms with E-state index in [0.29, 0.717) is 24.8 Å². The Bertz CT molecular complexity index is 651. The number of aliphatic carboxylic acids is 1. The molecule has 2 aromatic rings. The summed E-state index contributed by atoms with van der Waals surface area (Å²) >= 11 is 0. The molecule has 21 heavy (non-hydrogen) atoms. The van der Waals surface area contributed by atoms with Crippen molar-refractivity contribution in [2.75, 3.05) is 6.54 Å². The van der Waals surface area contributed by atoms with Gasteiger partial charge in [0.05, 0.1) is 6.42 Å². The monoisotopic (exact) mass is 292 g/mol. The molecule has 1 amide bonds. The van der Waals surface area contributed by atoms with Gasteiger partial charge in [-0.1, -0.05) is 0 Å². The molecule has 1 heterocycles. The van der Waals surface area contributed by atoms with E-state index in [1.165, 1.54) is 12.1 Å². The van der Waals surface area contributed by atoms with Gasteiger partial charge in [-0.3, -0.25) is 9.59 Å². The lowest BCUT2D eigenvalue weighted by Crippen LogP contribution is -2.26. The number of benzene rings is 1. The number of aromatic nitrogens is 1. The van der Waals surface area contributed by atoms with E-state index in [2.05, 4.69) is 10.3 Å². The Morgan fingerprint density at radius 2 is 2.10 bits per heavy atom. The maximum Gasteiger partial charge on any atom is 0.303 e. The van der Waals surface area contributed by atoms with Gasteiger partial charge in [0.25, 0.3) is 0 Å². The smallest absolute Gasteiger partial charge is 0.303 e. The van der Waals surface area contributed by atoms with Crippen LogP contribution in [0.15, 0.2) is 24.4 Å². The zero-order valence-electron chi connectivity index (χ0n) is 11.5. The van der Waals surface area contributed by atoms with Crippen molar-refractivity contribution in [3.8, 4) is 0 Å². The highest BCUT2D eigenvalue weighted by atomic mass is 19.1. The van der Waals surface area contributed by atoms with Crippen LogP contribution in [-0.2, 0) is 16.0 Å². The van der Waals surface area contributed by atoms with Crippen molar-refractivity contribution >= 4 is 22.8 Å². The molecule has 0 saturated carbocycles. The molecule has 2 rings (SSSR count). The van der Waals surface area contributed by atoms with Gasteiger partial charge in [0, 0.05) is 30.1 Å². The van der Waals surface area contributed by atoms with Crippen molar-refractivity contribution in [2.45, 2.75) is 25.7 Å². The molecular weight excluding hydrogens is 275 g/mol. The first-order chi connectivity index (χ1) is 10.1. The summed E-state index contributed by atoms with van der Waals surface area (Å²) in [5.41, 5.74) is 1.54. The second-order valence-corrected chi connectivity index (χ2v) is 4.88. The zero-order valence-corrected chi connectivity index (χ0v) is 11.5. The summed E-state index contributed by atoms with van der Waals surface area (Å²) in [5.74, 6) is -1.32. The minimum absolute atomic E-state index is 0.109. The maximum atomic E-state index is 13.2. The topological polar surface area (TPSA) is 82.2 Å². The zero-order chi connectivity index (χ0) is 15.2. The summed E-state index contributed by atoms with van der Waals surface area (Å²) in [6.07, 6.45) is 3.14. The lowest BCUT2D eigenvalue weighted by Gasteiger charge is -2.04. The van der Waals surface area contributed by atoms with E-state index in [4.69, 9.17) is 5.11 Å². The van der Waals surface area contributed by atoms with Crippen LogP contribution in [0.5, 0.6) is 0 Å². The molecule has 0 radical (unpaired) electrons. The molecule has 0 bridgehead atoms. The van der Waals surface area contributed by atoms with Gasteiger partial charge in [0.2, 0.25) is 5.91 Å². The molecule has 0 spiro atoms. The third-order valence-corrected chi connectivity index (χ3v) is 3.22. The molecule has 0 aliphatic heterocycles. The lowest BCUT2D eigenvalue weighted by atomic mass is 10.1. The highest BCUT2D eigenvalue weighted by Crippen LogP contribution is 2.19. The standard InChI is InChI=1S/C15H17FN2O3/c16-11-4-5-13-12(8-11)10(9-18-13)7-14(19)17-6-2-1-3-15(20)21/h4-5,8-9,18H,1-3,6-7H2,(H,17,19)(H,20,21). The number of halogens is 1. The number of carboxylic acids is 1. The molecule has 3 N–H and O–H groups in total. The Morgan fingerprint density at radius 3 is 2.86 bits per heavy atom. The number of hydrogen-bond donors (Lipinski definition) is 3. The Labute approximate surface area is 121 Å². The van der Waals surface area contributed by atoms with Crippen LogP contribution in [0.4, 0.5) is 4.39 Å². The average molecular weight is 292 g/mol. The van der Waals surface area contributed by atoms with E-state index >= 15 is 0 Å². The van der Waals surface area contributed by atoms with Gasteiger partial charge in [-0.15, -0.1) is 0 Å². The maximum absolute atomic E-state index is 13.2. The minimum atomic E-state index is -0.831. The summed E-state index contributed by atoms with van der Waals surface area (Å²) in [5, 5.41) is 11.9.